The molecule has 0 saturated heterocycles. The molecule has 5 heteroatoms. The van der Waals surface area contributed by atoms with Crippen molar-refractivity contribution in [1.29, 1.82) is 0 Å². The van der Waals surface area contributed by atoms with Crippen LogP contribution < -0.4 is 19.9 Å². The van der Waals surface area contributed by atoms with E-state index < -0.39 is 0 Å². The summed E-state index contributed by atoms with van der Waals surface area (Å²) in [6.07, 6.45) is 0. The van der Waals surface area contributed by atoms with Crippen LogP contribution in [-0.2, 0) is 0 Å². The second-order valence-corrected chi connectivity index (χ2v) is 4.99. The maximum atomic E-state index is 5.65. The van der Waals surface area contributed by atoms with Crippen LogP contribution in [0, 0.1) is 5.41 Å². The number of benzene rings is 1. The van der Waals surface area contributed by atoms with E-state index in [0.29, 0.717) is 17.3 Å². The normalized spacial score (nSPS) is 13.5. The van der Waals surface area contributed by atoms with Gasteiger partial charge >= 0.3 is 0 Å². The fraction of sp³-hybridized carbons (Fsp3) is 0.417. The third kappa shape index (κ3) is 2.61. The minimum atomic E-state index is -0.328. The van der Waals surface area contributed by atoms with Crippen LogP contribution in [0.1, 0.15) is 13.8 Å². The second-order valence-electron chi connectivity index (χ2n) is 4.55. The van der Waals surface area contributed by atoms with Crippen molar-refractivity contribution >= 4 is 17.2 Å². The van der Waals surface area contributed by atoms with E-state index in [-0.39, 0.29) is 12.2 Å². The van der Waals surface area contributed by atoms with E-state index in [4.69, 9.17) is 32.2 Å². The van der Waals surface area contributed by atoms with Gasteiger partial charge in [0.25, 0.3) is 0 Å². The third-order valence-electron chi connectivity index (χ3n) is 2.61. The summed E-state index contributed by atoms with van der Waals surface area (Å²) in [5, 5.41) is 0. The molecule has 0 spiro atoms. The maximum Gasteiger partial charge on any atom is 0.231 e. The lowest BCUT2D eigenvalue weighted by Crippen LogP contribution is -2.35. The molecule has 0 aliphatic carbocycles. The minimum Gasteiger partial charge on any atom is -0.492 e. The van der Waals surface area contributed by atoms with Gasteiger partial charge < -0.3 is 19.9 Å². The zero-order valence-electron chi connectivity index (χ0n) is 9.86. The highest BCUT2D eigenvalue weighted by Crippen LogP contribution is 2.35. The van der Waals surface area contributed by atoms with Crippen LogP contribution in [0.25, 0.3) is 0 Å². The molecule has 1 aliphatic rings. The monoisotopic (exact) mass is 253 g/mol. The van der Waals surface area contributed by atoms with Gasteiger partial charge in [-0.3, -0.25) is 0 Å². The zero-order valence-corrected chi connectivity index (χ0v) is 10.7. The number of nitrogens with two attached hydrogens (primary N) is 1. The van der Waals surface area contributed by atoms with Gasteiger partial charge in [-0.1, -0.05) is 26.1 Å². The zero-order chi connectivity index (χ0) is 12.5. The van der Waals surface area contributed by atoms with Gasteiger partial charge in [0.2, 0.25) is 6.79 Å². The number of rotatable bonds is 4. The predicted octanol–water partition coefficient (Wildman–Crippen LogP) is 2.11. The quantitative estimate of drug-likeness (QED) is 0.833. The molecule has 0 amide bonds. The molecule has 0 unspecified atom stereocenters. The molecule has 92 valence electrons. The smallest absolute Gasteiger partial charge is 0.231 e. The van der Waals surface area contributed by atoms with Gasteiger partial charge in [0.15, 0.2) is 11.5 Å². The van der Waals surface area contributed by atoms with Crippen molar-refractivity contribution in [2.24, 2.45) is 11.1 Å². The van der Waals surface area contributed by atoms with Crippen LogP contribution in [0.2, 0.25) is 0 Å². The van der Waals surface area contributed by atoms with Gasteiger partial charge in [0.05, 0.1) is 11.6 Å². The topological polar surface area (TPSA) is 53.7 Å². The van der Waals surface area contributed by atoms with Gasteiger partial charge in [-0.15, -0.1) is 0 Å². The van der Waals surface area contributed by atoms with Gasteiger partial charge in [0, 0.05) is 11.5 Å². The first kappa shape index (κ1) is 12.0. The summed E-state index contributed by atoms with van der Waals surface area (Å²) >= 11 is 4.98. The molecule has 1 aromatic rings. The molecule has 1 heterocycles. The summed E-state index contributed by atoms with van der Waals surface area (Å²) in [6, 6.07) is 5.46. The molecule has 0 saturated carbocycles. The Morgan fingerprint density at radius 2 is 2.12 bits per heavy atom. The Balaban J connectivity index is 2.03. The summed E-state index contributed by atoms with van der Waals surface area (Å²) in [5.74, 6) is 2.17. The van der Waals surface area contributed by atoms with Gasteiger partial charge in [0.1, 0.15) is 5.75 Å². The highest BCUT2D eigenvalue weighted by Gasteiger charge is 2.23. The summed E-state index contributed by atoms with van der Waals surface area (Å²) in [5.41, 5.74) is 5.30. The van der Waals surface area contributed by atoms with E-state index in [9.17, 15) is 0 Å². The Morgan fingerprint density at radius 1 is 1.41 bits per heavy atom. The van der Waals surface area contributed by atoms with Gasteiger partial charge in [-0.25, -0.2) is 0 Å². The van der Waals surface area contributed by atoms with Gasteiger partial charge in [-0.05, 0) is 12.1 Å². The number of thiocarbonyl (C=S) groups is 1. The Bertz CT molecular complexity index is 445. The Kier molecular flexibility index (Phi) is 3.11. The van der Waals surface area contributed by atoms with Crippen LogP contribution in [0.5, 0.6) is 17.2 Å². The summed E-state index contributed by atoms with van der Waals surface area (Å²) in [7, 11) is 0. The first-order valence-corrected chi connectivity index (χ1v) is 5.72. The minimum absolute atomic E-state index is 0.261. The first-order chi connectivity index (χ1) is 7.99. The van der Waals surface area contributed by atoms with Crippen molar-refractivity contribution in [3.8, 4) is 17.2 Å². The lowest BCUT2D eigenvalue weighted by atomic mass is 9.95. The largest absolute Gasteiger partial charge is 0.492 e. The average molecular weight is 253 g/mol. The molecule has 0 aromatic heterocycles. The molecule has 1 aromatic carbocycles. The molecular weight excluding hydrogens is 238 g/mol. The molecule has 2 N–H and O–H groups in total. The van der Waals surface area contributed by atoms with E-state index in [0.717, 1.165) is 11.5 Å². The molecule has 0 atom stereocenters. The number of hydrogen-bond donors (Lipinski definition) is 1. The van der Waals surface area contributed by atoms with Crippen molar-refractivity contribution in [2.45, 2.75) is 13.8 Å². The number of fused-ring (bicyclic) bond motifs is 1. The number of hydrogen-bond acceptors (Lipinski definition) is 4. The second kappa shape index (κ2) is 4.41. The fourth-order valence-electron chi connectivity index (χ4n) is 1.30. The number of ether oxygens (including phenoxy) is 3. The fourth-order valence-corrected chi connectivity index (χ4v) is 1.36. The van der Waals surface area contributed by atoms with Crippen molar-refractivity contribution in [3.63, 3.8) is 0 Å². The Labute approximate surface area is 106 Å². The van der Waals surface area contributed by atoms with E-state index in [2.05, 4.69) is 0 Å². The van der Waals surface area contributed by atoms with Crippen LogP contribution >= 0.6 is 12.2 Å². The summed E-state index contributed by atoms with van der Waals surface area (Å²) < 4.78 is 16.1. The lowest BCUT2D eigenvalue weighted by molar-refractivity contribution is 0.173. The maximum absolute atomic E-state index is 5.65. The molecule has 0 bridgehead atoms. The average Bonchev–Trinajstić information content (AvgIpc) is 2.73. The first-order valence-electron chi connectivity index (χ1n) is 5.31. The van der Waals surface area contributed by atoms with E-state index >= 15 is 0 Å². The highest BCUT2D eigenvalue weighted by molar-refractivity contribution is 7.80. The van der Waals surface area contributed by atoms with Crippen LogP contribution in [0.4, 0.5) is 0 Å². The predicted molar refractivity (Wildman–Crippen MR) is 68.6 cm³/mol. The highest BCUT2D eigenvalue weighted by atomic mass is 32.1. The van der Waals surface area contributed by atoms with Crippen LogP contribution in [0.15, 0.2) is 18.2 Å². The standard InChI is InChI=1S/C12H15NO3S/c1-12(2,11(13)17)6-14-8-3-4-9-10(5-8)16-7-15-9/h3-5H,6-7H2,1-2H3,(H2,13,17). The van der Waals surface area contributed by atoms with Gasteiger partial charge in [-0.2, -0.15) is 0 Å². The molecule has 4 nitrogen and oxygen atoms in total. The Hall–Kier alpha value is -1.49. The van der Waals surface area contributed by atoms with Crippen LogP contribution in [-0.4, -0.2) is 18.4 Å². The molecule has 0 radical (unpaired) electrons. The molecule has 2 rings (SSSR count). The SMILES string of the molecule is CC(C)(COc1ccc2c(c1)OCO2)C(N)=S. The van der Waals surface area contributed by atoms with Crippen molar-refractivity contribution < 1.29 is 14.2 Å². The summed E-state index contributed by atoms with van der Waals surface area (Å²) in [4.78, 5) is 0.443. The molecule has 17 heavy (non-hydrogen) atoms. The van der Waals surface area contributed by atoms with E-state index in [1.54, 1.807) is 6.07 Å². The van der Waals surface area contributed by atoms with Crippen LogP contribution in [0.3, 0.4) is 0 Å². The summed E-state index contributed by atoms with van der Waals surface area (Å²) in [6.45, 7) is 4.59. The van der Waals surface area contributed by atoms with E-state index in [1.807, 2.05) is 26.0 Å². The lowest BCUT2D eigenvalue weighted by Gasteiger charge is -2.23. The molecular formula is C12H15NO3S. The molecule has 0 fully saturated rings. The third-order valence-corrected chi connectivity index (χ3v) is 3.16. The molecule has 1 aliphatic heterocycles. The van der Waals surface area contributed by atoms with Crippen molar-refractivity contribution in [3.05, 3.63) is 18.2 Å². The Morgan fingerprint density at radius 3 is 2.82 bits per heavy atom. The van der Waals surface area contributed by atoms with Crippen molar-refractivity contribution in [1.82, 2.24) is 0 Å². The van der Waals surface area contributed by atoms with E-state index in [1.165, 1.54) is 0 Å². The van der Waals surface area contributed by atoms with Crippen molar-refractivity contribution in [2.75, 3.05) is 13.4 Å².